The van der Waals surface area contributed by atoms with Crippen LogP contribution in [0.4, 0.5) is 10.1 Å². The summed E-state index contributed by atoms with van der Waals surface area (Å²) < 4.78 is 49.7. The van der Waals surface area contributed by atoms with Crippen LogP contribution in [0.1, 0.15) is 0 Å². The molecule has 0 aliphatic heterocycles. The summed E-state index contributed by atoms with van der Waals surface area (Å²) in [7, 11) is -1.35. The molecular formula is C12H12FN3O4S. The van der Waals surface area contributed by atoms with Crippen molar-refractivity contribution in [1.82, 2.24) is 9.97 Å². The highest BCUT2D eigenvalue weighted by molar-refractivity contribution is 7.92. The molecule has 2 rings (SSSR count). The fraction of sp³-hybridized carbons (Fsp3) is 0.167. The van der Waals surface area contributed by atoms with Crippen LogP contribution in [-0.2, 0) is 10.0 Å². The largest absolute Gasteiger partial charge is 0.495 e. The van der Waals surface area contributed by atoms with E-state index in [0.717, 1.165) is 12.1 Å². The summed E-state index contributed by atoms with van der Waals surface area (Å²) in [5.41, 5.74) is 0.113. The van der Waals surface area contributed by atoms with Crippen LogP contribution >= 0.6 is 0 Å². The molecule has 0 bridgehead atoms. The van der Waals surface area contributed by atoms with E-state index in [9.17, 15) is 12.8 Å². The van der Waals surface area contributed by atoms with Crippen molar-refractivity contribution in [1.29, 1.82) is 0 Å². The van der Waals surface area contributed by atoms with Gasteiger partial charge in [-0.1, -0.05) is 0 Å². The van der Waals surface area contributed by atoms with Crippen LogP contribution < -0.4 is 14.2 Å². The number of hydrogen-bond acceptors (Lipinski definition) is 6. The molecule has 0 atom stereocenters. The first-order valence-corrected chi connectivity index (χ1v) is 7.17. The Balaban J connectivity index is 2.35. The topological polar surface area (TPSA) is 90.4 Å². The number of ether oxygens (including phenoxy) is 2. The van der Waals surface area contributed by atoms with Gasteiger partial charge in [0.15, 0.2) is 0 Å². The van der Waals surface area contributed by atoms with Crippen molar-refractivity contribution in [2.45, 2.75) is 4.90 Å². The number of methoxy groups -OCH3 is 2. The molecule has 7 nitrogen and oxygen atoms in total. The second-order valence-corrected chi connectivity index (χ2v) is 5.51. The van der Waals surface area contributed by atoms with Crippen LogP contribution in [0.15, 0.2) is 35.5 Å². The summed E-state index contributed by atoms with van der Waals surface area (Å²) in [6.07, 6.45) is 2.46. The van der Waals surface area contributed by atoms with Crippen LogP contribution in [0.3, 0.4) is 0 Å². The van der Waals surface area contributed by atoms with Crippen molar-refractivity contribution in [3.05, 3.63) is 36.4 Å². The van der Waals surface area contributed by atoms with Crippen molar-refractivity contribution in [2.24, 2.45) is 0 Å². The molecule has 0 aliphatic carbocycles. The summed E-state index contributed by atoms with van der Waals surface area (Å²) in [4.78, 5) is 7.22. The first-order valence-electron chi connectivity index (χ1n) is 5.68. The maximum atomic E-state index is 13.3. The molecule has 0 amide bonds. The fourth-order valence-electron chi connectivity index (χ4n) is 1.54. The number of hydrogen-bond donors (Lipinski definition) is 1. The van der Waals surface area contributed by atoms with E-state index >= 15 is 0 Å². The van der Waals surface area contributed by atoms with E-state index in [1.54, 1.807) is 0 Å². The van der Waals surface area contributed by atoms with E-state index in [0.29, 0.717) is 0 Å². The van der Waals surface area contributed by atoms with E-state index in [1.165, 1.54) is 32.7 Å². The van der Waals surface area contributed by atoms with Gasteiger partial charge in [-0.3, -0.25) is 4.72 Å². The van der Waals surface area contributed by atoms with Gasteiger partial charge in [0, 0.05) is 0 Å². The molecule has 0 spiro atoms. The van der Waals surface area contributed by atoms with Crippen LogP contribution in [-0.4, -0.2) is 32.6 Å². The molecule has 9 heteroatoms. The Morgan fingerprint density at radius 3 is 2.38 bits per heavy atom. The lowest BCUT2D eigenvalue weighted by Gasteiger charge is -2.11. The van der Waals surface area contributed by atoms with Gasteiger partial charge in [-0.05, 0) is 18.2 Å². The zero-order chi connectivity index (χ0) is 15.5. The van der Waals surface area contributed by atoms with Gasteiger partial charge in [0.2, 0.25) is 0 Å². The lowest BCUT2D eigenvalue weighted by molar-refractivity contribution is 0.380. The third-order valence-corrected chi connectivity index (χ3v) is 3.88. The monoisotopic (exact) mass is 313 g/mol. The second-order valence-electron chi connectivity index (χ2n) is 3.86. The number of benzene rings is 1. The Kier molecular flexibility index (Phi) is 4.22. The van der Waals surface area contributed by atoms with Gasteiger partial charge in [0.05, 0.1) is 32.3 Å². The maximum absolute atomic E-state index is 13.3. The molecule has 112 valence electrons. The van der Waals surface area contributed by atoms with Crippen LogP contribution in [0.2, 0.25) is 0 Å². The average Bonchev–Trinajstić information content (AvgIpc) is 2.47. The summed E-state index contributed by atoms with van der Waals surface area (Å²) in [6.45, 7) is 0. The number of nitrogens with zero attached hydrogens (tertiary/aromatic N) is 2. The molecule has 1 heterocycles. The highest BCUT2D eigenvalue weighted by atomic mass is 32.2. The Morgan fingerprint density at radius 2 is 1.81 bits per heavy atom. The van der Waals surface area contributed by atoms with Crippen molar-refractivity contribution in [3.8, 4) is 11.8 Å². The van der Waals surface area contributed by atoms with Gasteiger partial charge < -0.3 is 9.47 Å². The van der Waals surface area contributed by atoms with Crippen molar-refractivity contribution < 1.29 is 22.3 Å². The van der Waals surface area contributed by atoms with Crippen molar-refractivity contribution >= 4 is 15.7 Å². The second kappa shape index (κ2) is 5.92. The van der Waals surface area contributed by atoms with E-state index in [4.69, 9.17) is 9.47 Å². The molecule has 2 aromatic rings. The molecule has 1 aromatic heterocycles. The minimum atomic E-state index is -4.03. The highest BCUT2D eigenvalue weighted by Crippen LogP contribution is 2.26. The third-order valence-electron chi connectivity index (χ3n) is 2.48. The lowest BCUT2D eigenvalue weighted by atomic mass is 10.3. The molecule has 21 heavy (non-hydrogen) atoms. The lowest BCUT2D eigenvalue weighted by Crippen LogP contribution is -2.14. The molecule has 0 radical (unpaired) electrons. The maximum Gasteiger partial charge on any atom is 0.316 e. The number of aromatic nitrogens is 2. The number of sulfonamides is 1. The minimum Gasteiger partial charge on any atom is -0.495 e. The standard InChI is InChI=1S/C12H12FN3O4S/c1-19-10-4-3-8(13)5-11(10)21(17,18)16-9-6-14-12(20-2)15-7-9/h3-7,16H,1-2H3. The van der Waals surface area contributed by atoms with Crippen molar-refractivity contribution in [2.75, 3.05) is 18.9 Å². The van der Waals surface area contributed by atoms with Gasteiger partial charge in [-0.2, -0.15) is 0 Å². The van der Waals surface area contributed by atoms with Gasteiger partial charge in [0.1, 0.15) is 16.5 Å². The average molecular weight is 313 g/mol. The van der Waals surface area contributed by atoms with Gasteiger partial charge in [-0.15, -0.1) is 0 Å². The van der Waals surface area contributed by atoms with Crippen LogP contribution in [0.5, 0.6) is 11.8 Å². The summed E-state index contributed by atoms with van der Waals surface area (Å²) in [6, 6.07) is 3.30. The Hall–Kier alpha value is -2.42. The van der Waals surface area contributed by atoms with Crippen LogP contribution in [0, 0.1) is 5.82 Å². The van der Waals surface area contributed by atoms with Gasteiger partial charge in [-0.25, -0.2) is 22.8 Å². The Morgan fingerprint density at radius 1 is 1.14 bits per heavy atom. The summed E-state index contributed by atoms with van der Waals surface area (Å²) >= 11 is 0. The summed E-state index contributed by atoms with van der Waals surface area (Å²) in [5.74, 6) is -0.666. The summed E-state index contributed by atoms with van der Waals surface area (Å²) in [5, 5.41) is 0. The van der Waals surface area contributed by atoms with E-state index in [1.807, 2.05) is 0 Å². The zero-order valence-electron chi connectivity index (χ0n) is 11.2. The number of nitrogens with one attached hydrogen (secondary N) is 1. The first-order chi connectivity index (χ1) is 9.96. The van der Waals surface area contributed by atoms with E-state index in [2.05, 4.69) is 14.7 Å². The molecule has 1 aromatic carbocycles. The highest BCUT2D eigenvalue weighted by Gasteiger charge is 2.21. The number of anilines is 1. The molecule has 0 aliphatic rings. The molecule has 0 unspecified atom stereocenters. The van der Waals surface area contributed by atoms with Gasteiger partial charge in [0.25, 0.3) is 10.0 Å². The molecule has 1 N–H and O–H groups in total. The first kappa shape index (κ1) is 15.0. The Labute approximate surface area is 120 Å². The molecular weight excluding hydrogens is 301 g/mol. The van der Waals surface area contributed by atoms with Gasteiger partial charge >= 0.3 is 6.01 Å². The predicted octanol–water partition coefficient (Wildman–Crippen LogP) is 1.43. The zero-order valence-corrected chi connectivity index (χ0v) is 12.0. The quantitative estimate of drug-likeness (QED) is 0.898. The number of halogens is 1. The minimum absolute atomic E-state index is 0.0262. The smallest absolute Gasteiger partial charge is 0.316 e. The molecule has 0 saturated carbocycles. The number of rotatable bonds is 5. The predicted molar refractivity (Wildman–Crippen MR) is 72.3 cm³/mol. The fourth-order valence-corrected chi connectivity index (χ4v) is 2.75. The SMILES string of the molecule is COc1ncc(NS(=O)(=O)c2cc(F)ccc2OC)cn1. The van der Waals surface area contributed by atoms with E-state index < -0.39 is 15.8 Å². The van der Waals surface area contributed by atoms with E-state index in [-0.39, 0.29) is 22.3 Å². The molecule has 0 saturated heterocycles. The molecule has 0 fully saturated rings. The van der Waals surface area contributed by atoms with Crippen LogP contribution in [0.25, 0.3) is 0 Å². The normalized spacial score (nSPS) is 11.0. The van der Waals surface area contributed by atoms with Crippen molar-refractivity contribution in [3.63, 3.8) is 0 Å². The third kappa shape index (κ3) is 3.37. The Bertz CT molecular complexity index is 735.